The lowest BCUT2D eigenvalue weighted by molar-refractivity contribution is -0.144. The standard InChI is InChI=1S/C14H29N3O2/c1-12-11-16(4)8-6-10-17(12)9-5-7-14(2,15-3)13(18)19/h12,15H,5-11H2,1-4H3,(H,18,19). The average Bonchev–Trinajstić information content (AvgIpc) is 2.50. The number of likely N-dealkylation sites (N-methyl/N-ethyl adjacent to an activating group) is 2. The van der Waals surface area contributed by atoms with Crippen LogP contribution in [0.2, 0.25) is 0 Å². The summed E-state index contributed by atoms with van der Waals surface area (Å²) in [6, 6.07) is 0.554. The van der Waals surface area contributed by atoms with E-state index in [1.807, 2.05) is 0 Å². The summed E-state index contributed by atoms with van der Waals surface area (Å²) in [5.41, 5.74) is -0.800. The van der Waals surface area contributed by atoms with Crippen molar-refractivity contribution in [3.8, 4) is 0 Å². The Labute approximate surface area is 117 Å². The van der Waals surface area contributed by atoms with Crippen LogP contribution in [-0.2, 0) is 4.79 Å². The minimum Gasteiger partial charge on any atom is -0.480 e. The fourth-order valence-corrected chi connectivity index (χ4v) is 2.73. The van der Waals surface area contributed by atoms with Gasteiger partial charge in [0.25, 0.3) is 0 Å². The zero-order valence-electron chi connectivity index (χ0n) is 12.8. The van der Waals surface area contributed by atoms with Crippen LogP contribution in [0.3, 0.4) is 0 Å². The lowest BCUT2D eigenvalue weighted by Crippen LogP contribution is -2.48. The van der Waals surface area contributed by atoms with E-state index in [9.17, 15) is 9.90 Å². The molecule has 1 aliphatic heterocycles. The van der Waals surface area contributed by atoms with Crippen LogP contribution in [0.4, 0.5) is 0 Å². The first-order valence-electron chi connectivity index (χ1n) is 7.24. The molecule has 1 rings (SSSR count). The van der Waals surface area contributed by atoms with Gasteiger partial charge in [-0.15, -0.1) is 0 Å². The number of carboxylic acid groups (broad SMARTS) is 1. The van der Waals surface area contributed by atoms with E-state index in [2.05, 4.69) is 29.1 Å². The molecule has 0 amide bonds. The number of nitrogens with zero attached hydrogens (tertiary/aromatic N) is 2. The molecule has 5 heteroatoms. The summed E-state index contributed by atoms with van der Waals surface area (Å²) in [7, 11) is 3.89. The first-order valence-corrected chi connectivity index (χ1v) is 7.24. The minimum atomic E-state index is -0.800. The third-order valence-electron chi connectivity index (χ3n) is 4.33. The molecule has 0 radical (unpaired) electrons. The molecule has 0 spiro atoms. The summed E-state index contributed by atoms with van der Waals surface area (Å²) in [5.74, 6) is -0.765. The molecule has 2 unspecified atom stereocenters. The highest BCUT2D eigenvalue weighted by molar-refractivity contribution is 5.78. The molecule has 1 aliphatic rings. The fourth-order valence-electron chi connectivity index (χ4n) is 2.73. The van der Waals surface area contributed by atoms with Gasteiger partial charge in [-0.2, -0.15) is 0 Å². The monoisotopic (exact) mass is 271 g/mol. The van der Waals surface area contributed by atoms with Gasteiger partial charge < -0.3 is 15.3 Å². The third-order valence-corrected chi connectivity index (χ3v) is 4.33. The number of carbonyl (C=O) groups is 1. The predicted molar refractivity (Wildman–Crippen MR) is 77.5 cm³/mol. The Hall–Kier alpha value is -0.650. The van der Waals surface area contributed by atoms with Crippen molar-refractivity contribution in [1.82, 2.24) is 15.1 Å². The molecule has 5 nitrogen and oxygen atoms in total. The number of hydrogen-bond acceptors (Lipinski definition) is 4. The SMILES string of the molecule is CNC(C)(CCCN1CCCN(C)CC1C)C(=O)O. The summed E-state index contributed by atoms with van der Waals surface area (Å²) in [6.45, 7) is 8.38. The van der Waals surface area contributed by atoms with Crippen LogP contribution in [0, 0.1) is 0 Å². The summed E-state index contributed by atoms with van der Waals surface area (Å²) >= 11 is 0. The Kier molecular flexibility index (Phi) is 6.23. The van der Waals surface area contributed by atoms with E-state index in [-0.39, 0.29) is 0 Å². The van der Waals surface area contributed by atoms with Crippen molar-refractivity contribution in [3.05, 3.63) is 0 Å². The van der Waals surface area contributed by atoms with Gasteiger partial charge in [-0.05, 0) is 66.8 Å². The largest absolute Gasteiger partial charge is 0.480 e. The summed E-state index contributed by atoms with van der Waals surface area (Å²) in [5, 5.41) is 12.1. The van der Waals surface area contributed by atoms with E-state index in [4.69, 9.17) is 0 Å². The maximum atomic E-state index is 11.2. The van der Waals surface area contributed by atoms with Crippen LogP contribution in [0.15, 0.2) is 0 Å². The van der Waals surface area contributed by atoms with Crippen LogP contribution in [0.25, 0.3) is 0 Å². The summed E-state index contributed by atoms with van der Waals surface area (Å²) in [6.07, 6.45) is 2.78. The zero-order valence-corrected chi connectivity index (χ0v) is 12.8. The summed E-state index contributed by atoms with van der Waals surface area (Å²) in [4.78, 5) is 16.1. The van der Waals surface area contributed by atoms with E-state index in [0.29, 0.717) is 12.5 Å². The molecule has 1 saturated heterocycles. The van der Waals surface area contributed by atoms with E-state index in [0.717, 1.165) is 32.6 Å². The zero-order chi connectivity index (χ0) is 14.5. The Balaban J connectivity index is 2.41. The number of nitrogens with one attached hydrogen (secondary N) is 1. The highest BCUT2D eigenvalue weighted by atomic mass is 16.4. The van der Waals surface area contributed by atoms with Gasteiger partial charge in [-0.25, -0.2) is 0 Å². The fraction of sp³-hybridized carbons (Fsp3) is 0.929. The number of carboxylic acids is 1. The van der Waals surface area contributed by atoms with Crippen LogP contribution in [-0.4, -0.2) is 72.7 Å². The molecule has 1 heterocycles. The van der Waals surface area contributed by atoms with Gasteiger partial charge in [0.05, 0.1) is 0 Å². The number of hydrogen-bond donors (Lipinski definition) is 2. The molecule has 19 heavy (non-hydrogen) atoms. The number of aliphatic carboxylic acids is 1. The maximum absolute atomic E-state index is 11.2. The first kappa shape index (κ1) is 16.4. The van der Waals surface area contributed by atoms with Gasteiger partial charge in [0, 0.05) is 12.6 Å². The van der Waals surface area contributed by atoms with Crippen molar-refractivity contribution in [3.63, 3.8) is 0 Å². The van der Waals surface area contributed by atoms with Gasteiger partial charge in [-0.3, -0.25) is 9.69 Å². The molecule has 0 saturated carbocycles. The molecule has 2 atom stereocenters. The van der Waals surface area contributed by atoms with Crippen LogP contribution in [0.5, 0.6) is 0 Å². The normalized spacial score (nSPS) is 25.8. The predicted octanol–water partition coefficient (Wildman–Crippen LogP) is 0.855. The third kappa shape index (κ3) is 4.75. The van der Waals surface area contributed by atoms with Gasteiger partial charge in [0.2, 0.25) is 0 Å². The molecule has 0 bridgehead atoms. The van der Waals surface area contributed by atoms with Gasteiger partial charge in [0.1, 0.15) is 5.54 Å². The van der Waals surface area contributed by atoms with Crippen LogP contribution >= 0.6 is 0 Å². The van der Waals surface area contributed by atoms with Crippen molar-refractivity contribution in [2.75, 3.05) is 40.3 Å². The lowest BCUT2D eigenvalue weighted by Gasteiger charge is -2.30. The van der Waals surface area contributed by atoms with E-state index in [1.165, 1.54) is 6.42 Å². The quantitative estimate of drug-likeness (QED) is 0.750. The highest BCUT2D eigenvalue weighted by Gasteiger charge is 2.30. The van der Waals surface area contributed by atoms with Crippen molar-refractivity contribution in [2.24, 2.45) is 0 Å². The van der Waals surface area contributed by atoms with E-state index >= 15 is 0 Å². The molecular weight excluding hydrogens is 242 g/mol. The Morgan fingerprint density at radius 2 is 2.16 bits per heavy atom. The molecule has 2 N–H and O–H groups in total. The topological polar surface area (TPSA) is 55.8 Å². The maximum Gasteiger partial charge on any atom is 0.323 e. The minimum absolute atomic E-state index is 0.554. The molecule has 0 aromatic carbocycles. The van der Waals surface area contributed by atoms with E-state index < -0.39 is 11.5 Å². The first-order chi connectivity index (χ1) is 8.89. The average molecular weight is 271 g/mol. The molecule has 112 valence electrons. The van der Waals surface area contributed by atoms with Crippen LogP contribution < -0.4 is 5.32 Å². The molecule has 0 aromatic heterocycles. The Morgan fingerprint density at radius 1 is 1.47 bits per heavy atom. The summed E-state index contributed by atoms with van der Waals surface area (Å²) < 4.78 is 0. The number of rotatable bonds is 6. The van der Waals surface area contributed by atoms with Crippen molar-refractivity contribution < 1.29 is 9.90 Å². The van der Waals surface area contributed by atoms with Gasteiger partial charge >= 0.3 is 5.97 Å². The van der Waals surface area contributed by atoms with Crippen molar-refractivity contribution in [2.45, 2.75) is 44.7 Å². The second kappa shape index (κ2) is 7.22. The molecule has 0 aliphatic carbocycles. The Morgan fingerprint density at radius 3 is 2.74 bits per heavy atom. The lowest BCUT2D eigenvalue weighted by atomic mass is 9.96. The molecule has 0 aromatic rings. The molecule has 1 fully saturated rings. The highest BCUT2D eigenvalue weighted by Crippen LogP contribution is 2.15. The van der Waals surface area contributed by atoms with Gasteiger partial charge in [0.15, 0.2) is 0 Å². The van der Waals surface area contributed by atoms with Crippen molar-refractivity contribution in [1.29, 1.82) is 0 Å². The smallest absolute Gasteiger partial charge is 0.323 e. The van der Waals surface area contributed by atoms with Gasteiger partial charge in [-0.1, -0.05) is 0 Å². The second-order valence-corrected chi connectivity index (χ2v) is 5.99. The second-order valence-electron chi connectivity index (χ2n) is 5.99. The van der Waals surface area contributed by atoms with Crippen LogP contribution in [0.1, 0.15) is 33.1 Å². The van der Waals surface area contributed by atoms with Crippen molar-refractivity contribution >= 4 is 5.97 Å². The molecular formula is C14H29N3O2. The van der Waals surface area contributed by atoms with E-state index in [1.54, 1.807) is 14.0 Å². The Bertz CT molecular complexity index is 298.